The Morgan fingerprint density at radius 2 is 1.57 bits per heavy atom. The summed E-state index contributed by atoms with van der Waals surface area (Å²) in [5.74, 6) is 0.768. The van der Waals surface area contributed by atoms with E-state index in [0.717, 1.165) is 19.3 Å². The maximum atomic E-state index is 12.5. The average Bonchev–Trinajstić information content (AvgIpc) is 2.60. The van der Waals surface area contributed by atoms with E-state index in [1.54, 1.807) is 0 Å². The van der Waals surface area contributed by atoms with Gasteiger partial charge in [0.05, 0.1) is 6.04 Å². The molecular weight excluding hydrogens is 314 g/mol. The van der Waals surface area contributed by atoms with Crippen molar-refractivity contribution in [3.8, 4) is 0 Å². The van der Waals surface area contributed by atoms with Crippen LogP contribution in [0.4, 0.5) is 0 Å². The summed E-state index contributed by atoms with van der Waals surface area (Å²) < 4.78 is 0. The topological polar surface area (TPSA) is 66.6 Å². The van der Waals surface area contributed by atoms with Crippen molar-refractivity contribution < 1.29 is 9.59 Å². The third-order valence-corrected chi connectivity index (χ3v) is 5.40. The lowest BCUT2D eigenvalue weighted by atomic mass is 9.88. The zero-order chi connectivity index (χ0) is 16.1. The molecule has 2 fully saturated rings. The molecule has 0 aromatic heterocycles. The van der Waals surface area contributed by atoms with Crippen molar-refractivity contribution in [2.45, 2.75) is 58.4 Å². The molecule has 0 radical (unpaired) electrons. The molecule has 2 unspecified atom stereocenters. The van der Waals surface area contributed by atoms with E-state index in [1.165, 1.54) is 19.3 Å². The molecule has 23 heavy (non-hydrogen) atoms. The molecule has 1 saturated heterocycles. The number of halogens is 1. The molecule has 2 N–H and O–H groups in total. The van der Waals surface area contributed by atoms with Gasteiger partial charge < -0.3 is 15.5 Å². The van der Waals surface area contributed by atoms with Crippen molar-refractivity contribution >= 4 is 24.2 Å². The van der Waals surface area contributed by atoms with E-state index in [9.17, 15) is 9.59 Å². The first-order chi connectivity index (χ1) is 10.5. The monoisotopic (exact) mass is 345 g/mol. The first-order valence-electron chi connectivity index (χ1n) is 8.87. The molecule has 0 spiro atoms. The van der Waals surface area contributed by atoms with Crippen LogP contribution in [-0.2, 0) is 9.59 Å². The molecule has 1 heterocycles. The molecule has 0 aromatic rings. The summed E-state index contributed by atoms with van der Waals surface area (Å²) in [5, 5.41) is 0. The second-order valence-corrected chi connectivity index (χ2v) is 6.90. The van der Waals surface area contributed by atoms with Crippen LogP contribution in [-0.4, -0.2) is 53.8 Å². The van der Waals surface area contributed by atoms with Gasteiger partial charge in [-0.05, 0) is 18.8 Å². The third-order valence-electron chi connectivity index (χ3n) is 5.40. The van der Waals surface area contributed by atoms with Crippen LogP contribution in [0.2, 0.25) is 0 Å². The second-order valence-electron chi connectivity index (χ2n) is 6.90. The largest absolute Gasteiger partial charge is 0.339 e. The quantitative estimate of drug-likeness (QED) is 0.847. The van der Waals surface area contributed by atoms with Crippen LogP contribution in [0.15, 0.2) is 0 Å². The van der Waals surface area contributed by atoms with Gasteiger partial charge in [-0.2, -0.15) is 0 Å². The molecule has 2 rings (SSSR count). The highest BCUT2D eigenvalue weighted by atomic mass is 35.5. The summed E-state index contributed by atoms with van der Waals surface area (Å²) in [6.45, 7) is 6.65. The number of piperazine rings is 1. The minimum absolute atomic E-state index is 0. The molecule has 1 aliphatic heterocycles. The normalized spacial score (nSPS) is 22.2. The SMILES string of the molecule is CCC(C)C(N)C(=O)N1CCN(C(=O)C2CCCCC2)CC1.Cl. The molecule has 6 heteroatoms. The Morgan fingerprint density at radius 1 is 1.04 bits per heavy atom. The summed E-state index contributed by atoms with van der Waals surface area (Å²) in [7, 11) is 0. The lowest BCUT2D eigenvalue weighted by Gasteiger charge is -2.38. The van der Waals surface area contributed by atoms with E-state index in [-0.39, 0.29) is 30.2 Å². The van der Waals surface area contributed by atoms with Crippen LogP contribution in [0.3, 0.4) is 0 Å². The van der Waals surface area contributed by atoms with Gasteiger partial charge in [0, 0.05) is 32.1 Å². The van der Waals surface area contributed by atoms with Gasteiger partial charge in [0.1, 0.15) is 0 Å². The fraction of sp³-hybridized carbons (Fsp3) is 0.882. The number of nitrogens with zero attached hydrogens (tertiary/aromatic N) is 2. The highest BCUT2D eigenvalue weighted by Gasteiger charge is 2.31. The van der Waals surface area contributed by atoms with Gasteiger partial charge >= 0.3 is 0 Å². The van der Waals surface area contributed by atoms with Gasteiger partial charge in [0.25, 0.3) is 0 Å². The van der Waals surface area contributed by atoms with E-state index in [0.29, 0.717) is 32.1 Å². The Bertz CT molecular complexity index is 369. The highest BCUT2D eigenvalue weighted by Crippen LogP contribution is 2.26. The molecule has 1 saturated carbocycles. The molecule has 0 aromatic carbocycles. The van der Waals surface area contributed by atoms with Crippen LogP contribution in [0.5, 0.6) is 0 Å². The van der Waals surface area contributed by atoms with E-state index < -0.39 is 6.04 Å². The molecule has 0 bridgehead atoms. The number of hydrogen-bond acceptors (Lipinski definition) is 3. The Labute approximate surface area is 146 Å². The number of hydrogen-bond donors (Lipinski definition) is 1. The lowest BCUT2D eigenvalue weighted by Crippen LogP contribution is -2.56. The minimum Gasteiger partial charge on any atom is -0.339 e. The first-order valence-corrected chi connectivity index (χ1v) is 8.87. The summed E-state index contributed by atoms with van der Waals surface area (Å²) in [4.78, 5) is 28.7. The predicted octanol–water partition coefficient (Wildman–Crippen LogP) is 2.03. The van der Waals surface area contributed by atoms with Crippen molar-refractivity contribution in [3.63, 3.8) is 0 Å². The molecule has 2 amide bonds. The zero-order valence-corrected chi connectivity index (χ0v) is 15.3. The van der Waals surface area contributed by atoms with E-state index in [1.807, 2.05) is 16.7 Å². The van der Waals surface area contributed by atoms with E-state index >= 15 is 0 Å². The van der Waals surface area contributed by atoms with Gasteiger partial charge in [-0.1, -0.05) is 39.5 Å². The maximum Gasteiger partial charge on any atom is 0.239 e. The van der Waals surface area contributed by atoms with Gasteiger partial charge in [-0.3, -0.25) is 9.59 Å². The van der Waals surface area contributed by atoms with Crippen LogP contribution in [0.1, 0.15) is 52.4 Å². The van der Waals surface area contributed by atoms with Crippen molar-refractivity contribution in [2.24, 2.45) is 17.6 Å². The molecular formula is C17H32ClN3O2. The number of amides is 2. The Balaban J connectivity index is 0.00000264. The van der Waals surface area contributed by atoms with Crippen LogP contribution in [0, 0.1) is 11.8 Å². The van der Waals surface area contributed by atoms with Gasteiger partial charge in [-0.15, -0.1) is 12.4 Å². The van der Waals surface area contributed by atoms with Crippen LogP contribution >= 0.6 is 12.4 Å². The molecule has 134 valence electrons. The Morgan fingerprint density at radius 3 is 2.09 bits per heavy atom. The predicted molar refractivity (Wildman–Crippen MR) is 94.4 cm³/mol. The van der Waals surface area contributed by atoms with Crippen molar-refractivity contribution in [2.75, 3.05) is 26.2 Å². The first kappa shape index (κ1) is 20.2. The lowest BCUT2D eigenvalue weighted by molar-refractivity contribution is -0.143. The molecule has 2 atom stereocenters. The Kier molecular flexibility index (Phi) is 8.34. The number of carbonyl (C=O) groups is 2. The minimum atomic E-state index is -0.411. The summed E-state index contributed by atoms with van der Waals surface area (Å²) >= 11 is 0. The summed E-state index contributed by atoms with van der Waals surface area (Å²) in [5.41, 5.74) is 6.04. The number of nitrogens with two attached hydrogens (primary N) is 1. The molecule has 1 aliphatic carbocycles. The van der Waals surface area contributed by atoms with Crippen LogP contribution < -0.4 is 5.73 Å². The van der Waals surface area contributed by atoms with Crippen molar-refractivity contribution in [1.29, 1.82) is 0 Å². The fourth-order valence-corrected chi connectivity index (χ4v) is 3.46. The van der Waals surface area contributed by atoms with Gasteiger partial charge in [0.15, 0.2) is 0 Å². The smallest absolute Gasteiger partial charge is 0.239 e. The van der Waals surface area contributed by atoms with E-state index in [2.05, 4.69) is 6.92 Å². The third kappa shape index (κ3) is 5.08. The van der Waals surface area contributed by atoms with Crippen LogP contribution in [0.25, 0.3) is 0 Å². The standard InChI is InChI=1S/C17H31N3O2.ClH/c1-3-13(2)15(18)17(22)20-11-9-19(10-12-20)16(21)14-7-5-4-6-8-14;/h13-15H,3-12,18H2,1-2H3;1H. The van der Waals surface area contributed by atoms with E-state index in [4.69, 9.17) is 5.73 Å². The zero-order valence-electron chi connectivity index (χ0n) is 14.5. The molecule has 5 nitrogen and oxygen atoms in total. The Hall–Kier alpha value is -0.810. The maximum absolute atomic E-state index is 12.5. The number of rotatable bonds is 4. The highest BCUT2D eigenvalue weighted by molar-refractivity contribution is 5.85. The number of carbonyl (C=O) groups excluding carboxylic acids is 2. The molecule has 2 aliphatic rings. The van der Waals surface area contributed by atoms with Crippen molar-refractivity contribution in [1.82, 2.24) is 9.80 Å². The average molecular weight is 346 g/mol. The van der Waals surface area contributed by atoms with Gasteiger partial charge in [-0.25, -0.2) is 0 Å². The summed E-state index contributed by atoms with van der Waals surface area (Å²) in [6, 6.07) is -0.411. The second kappa shape index (κ2) is 9.48. The van der Waals surface area contributed by atoms with Gasteiger partial charge in [0.2, 0.25) is 11.8 Å². The van der Waals surface area contributed by atoms with Crippen molar-refractivity contribution in [3.05, 3.63) is 0 Å². The summed E-state index contributed by atoms with van der Waals surface area (Å²) in [6.07, 6.45) is 6.61. The fourth-order valence-electron chi connectivity index (χ4n) is 3.46.